The normalized spacial score (nSPS) is 14.6. The first-order valence-electron chi connectivity index (χ1n) is 9.65. The summed E-state index contributed by atoms with van der Waals surface area (Å²) in [5.41, 5.74) is 2.44. The molecule has 146 valence electrons. The molecule has 2 nitrogen and oxygen atoms in total. The Morgan fingerprint density at radius 1 is 1.28 bits per heavy atom. The number of aryl methyl sites for hydroxylation is 1. The molecule has 2 unspecified atom stereocenters. The van der Waals surface area contributed by atoms with E-state index in [1.54, 1.807) is 0 Å². The summed E-state index contributed by atoms with van der Waals surface area (Å²) in [7, 11) is 0. The van der Waals surface area contributed by atoms with Crippen LogP contribution in [-0.4, -0.2) is 26.4 Å². The van der Waals surface area contributed by atoms with Gasteiger partial charge in [0.25, 0.3) is 0 Å². The molecule has 0 saturated heterocycles. The van der Waals surface area contributed by atoms with Crippen molar-refractivity contribution in [2.24, 2.45) is 11.8 Å². The number of alkyl halides is 2. The number of aromatic nitrogens is 1. The molecule has 0 aromatic carbocycles. The molecule has 4 heteroatoms. The van der Waals surface area contributed by atoms with Gasteiger partial charge in [-0.3, -0.25) is 0 Å². The standard InChI is InChI=1S/C21H37ClIN2/c1-8-12-25(15-16(3)9-2)19-13-18(14-24-20(19)22)11-10-17(4)21(5,6)23-7/h13-14,16-17H,8-12,15H2,1-7H3/q-1. The van der Waals surface area contributed by atoms with Gasteiger partial charge in [-0.25, -0.2) is 0 Å². The second-order valence-corrected chi connectivity index (χ2v) is 12.0. The summed E-state index contributed by atoms with van der Waals surface area (Å²) in [5, 5.41) is 0.647. The Balaban J connectivity index is 2.90. The molecule has 0 radical (unpaired) electrons. The van der Waals surface area contributed by atoms with Gasteiger partial charge in [-0.2, -0.15) is 0 Å². The maximum absolute atomic E-state index is 6.46. The maximum atomic E-state index is 6.46. The molecule has 0 fully saturated rings. The predicted molar refractivity (Wildman–Crippen MR) is 109 cm³/mol. The van der Waals surface area contributed by atoms with Crippen LogP contribution in [0.3, 0.4) is 0 Å². The molecule has 0 amide bonds. The van der Waals surface area contributed by atoms with Crippen molar-refractivity contribution in [2.45, 2.75) is 70.6 Å². The van der Waals surface area contributed by atoms with Crippen molar-refractivity contribution in [1.82, 2.24) is 4.98 Å². The number of pyridine rings is 1. The summed E-state index contributed by atoms with van der Waals surface area (Å²) < 4.78 is 0.506. The minimum atomic E-state index is 0.253. The van der Waals surface area contributed by atoms with Crippen molar-refractivity contribution >= 4 is 17.3 Å². The van der Waals surface area contributed by atoms with E-state index in [0.717, 1.165) is 37.5 Å². The summed E-state index contributed by atoms with van der Waals surface area (Å²) in [6.45, 7) is 16.1. The molecule has 0 spiro atoms. The van der Waals surface area contributed by atoms with Crippen LogP contribution in [0.1, 0.15) is 66.4 Å². The fourth-order valence-electron chi connectivity index (χ4n) is 2.83. The van der Waals surface area contributed by atoms with Crippen LogP contribution in [0.15, 0.2) is 12.3 Å². The molecule has 0 N–H and O–H groups in total. The van der Waals surface area contributed by atoms with Gasteiger partial charge in [0.2, 0.25) is 0 Å². The van der Waals surface area contributed by atoms with Crippen LogP contribution in [0.5, 0.6) is 0 Å². The van der Waals surface area contributed by atoms with Crippen LogP contribution in [0.25, 0.3) is 0 Å². The fourth-order valence-corrected chi connectivity index (χ4v) is 4.43. The Morgan fingerprint density at radius 3 is 2.52 bits per heavy atom. The third-order valence-corrected chi connectivity index (χ3v) is 9.60. The number of nitrogens with zero attached hydrogens (tertiary/aromatic N) is 2. The van der Waals surface area contributed by atoms with Crippen molar-refractivity contribution in [3.8, 4) is 0 Å². The molecule has 1 rings (SSSR count). The Hall–Kier alpha value is -0.0300. The van der Waals surface area contributed by atoms with Crippen molar-refractivity contribution in [1.29, 1.82) is 0 Å². The monoisotopic (exact) mass is 479 g/mol. The molecule has 1 aromatic heterocycles. The van der Waals surface area contributed by atoms with E-state index >= 15 is 0 Å². The topological polar surface area (TPSA) is 16.1 Å². The Labute approximate surface area is 171 Å². The second kappa shape index (κ2) is 11.0. The van der Waals surface area contributed by atoms with Crippen LogP contribution in [0.4, 0.5) is 5.69 Å². The number of halogens is 2. The third-order valence-electron chi connectivity index (χ3n) is 5.47. The van der Waals surface area contributed by atoms with E-state index in [0.29, 0.717) is 14.5 Å². The molecule has 1 aromatic rings. The SMILES string of the molecule is CCCN(CC(C)CC)c1cc(CCC(C)C(C)(C)[I-]C)cnc1Cl. The first-order valence-corrected chi connectivity index (χ1v) is 13.3. The summed E-state index contributed by atoms with van der Waals surface area (Å²) in [4.78, 5) is 9.33. The van der Waals surface area contributed by atoms with Gasteiger partial charge >= 0.3 is 172 Å². The van der Waals surface area contributed by atoms with Gasteiger partial charge < -0.3 is 0 Å². The van der Waals surface area contributed by atoms with Crippen molar-refractivity contribution < 1.29 is 21.2 Å². The zero-order valence-electron chi connectivity index (χ0n) is 17.2. The van der Waals surface area contributed by atoms with E-state index in [1.165, 1.54) is 18.4 Å². The van der Waals surface area contributed by atoms with Crippen molar-refractivity contribution in [3.05, 3.63) is 23.0 Å². The van der Waals surface area contributed by atoms with E-state index in [-0.39, 0.29) is 21.2 Å². The van der Waals surface area contributed by atoms with Crippen molar-refractivity contribution in [3.63, 3.8) is 0 Å². The molecular formula is C21H37ClIN2-. The van der Waals surface area contributed by atoms with Crippen LogP contribution < -0.4 is 26.1 Å². The Bertz CT molecular complexity index is 519. The van der Waals surface area contributed by atoms with Gasteiger partial charge in [-0.15, -0.1) is 0 Å². The molecule has 1 heterocycles. The fraction of sp³-hybridized carbons (Fsp3) is 0.762. The average molecular weight is 480 g/mol. The Morgan fingerprint density at radius 2 is 1.96 bits per heavy atom. The first-order chi connectivity index (χ1) is 11.7. The minimum absolute atomic E-state index is 0.253. The number of hydrogen-bond donors (Lipinski definition) is 0. The Kier molecular flexibility index (Phi) is 10.1. The molecule has 0 aliphatic rings. The first kappa shape index (κ1) is 23.0. The third kappa shape index (κ3) is 7.24. The van der Waals surface area contributed by atoms with Gasteiger partial charge in [0.15, 0.2) is 0 Å². The molecule has 25 heavy (non-hydrogen) atoms. The predicted octanol–water partition coefficient (Wildman–Crippen LogP) is 3.06. The summed E-state index contributed by atoms with van der Waals surface area (Å²) in [5.74, 6) is 1.41. The van der Waals surface area contributed by atoms with Crippen molar-refractivity contribution in [2.75, 3.05) is 22.9 Å². The number of rotatable bonds is 11. The van der Waals surface area contributed by atoms with E-state index in [2.05, 4.69) is 62.4 Å². The van der Waals surface area contributed by atoms with E-state index in [9.17, 15) is 0 Å². The van der Waals surface area contributed by atoms with Crippen LogP contribution in [-0.2, 0) is 6.42 Å². The summed E-state index contributed by atoms with van der Waals surface area (Å²) in [6, 6.07) is 2.29. The zero-order valence-corrected chi connectivity index (χ0v) is 20.1. The van der Waals surface area contributed by atoms with Gasteiger partial charge in [0.05, 0.1) is 0 Å². The van der Waals surface area contributed by atoms with Crippen LogP contribution in [0.2, 0.25) is 5.15 Å². The summed E-state index contributed by atoms with van der Waals surface area (Å²) >= 11 is 6.72. The van der Waals surface area contributed by atoms with E-state index in [4.69, 9.17) is 11.6 Å². The van der Waals surface area contributed by atoms with E-state index in [1.807, 2.05) is 6.20 Å². The number of anilines is 1. The van der Waals surface area contributed by atoms with Gasteiger partial charge in [0, 0.05) is 0 Å². The molecule has 0 saturated carbocycles. The van der Waals surface area contributed by atoms with Gasteiger partial charge in [-0.1, -0.05) is 0 Å². The molecular weight excluding hydrogens is 443 g/mol. The molecule has 2 atom stereocenters. The quantitative estimate of drug-likeness (QED) is 0.275. The van der Waals surface area contributed by atoms with E-state index < -0.39 is 0 Å². The summed E-state index contributed by atoms with van der Waals surface area (Å²) in [6.07, 6.45) is 6.61. The molecule has 0 aliphatic carbocycles. The average Bonchev–Trinajstić information content (AvgIpc) is 2.60. The van der Waals surface area contributed by atoms with Crippen LogP contribution in [0, 0.1) is 11.8 Å². The molecule has 0 bridgehead atoms. The number of hydrogen-bond acceptors (Lipinski definition) is 2. The second-order valence-electron chi connectivity index (χ2n) is 7.81. The van der Waals surface area contributed by atoms with Gasteiger partial charge in [-0.05, 0) is 0 Å². The van der Waals surface area contributed by atoms with Crippen LogP contribution >= 0.6 is 11.6 Å². The zero-order chi connectivity index (χ0) is 19.0. The molecule has 0 aliphatic heterocycles. The van der Waals surface area contributed by atoms with Gasteiger partial charge in [0.1, 0.15) is 0 Å².